The number of carbonyl (C=O) groups excluding carboxylic acids is 1. The molecule has 1 saturated heterocycles. The van der Waals surface area contributed by atoms with Gasteiger partial charge in [0.1, 0.15) is 5.75 Å². The number of amides is 1. The van der Waals surface area contributed by atoms with Gasteiger partial charge in [0.05, 0.1) is 28.9 Å². The average molecular weight is 373 g/mol. The molecule has 3 aliphatic rings. The van der Waals surface area contributed by atoms with Crippen molar-refractivity contribution in [1.29, 1.82) is 0 Å². The molecule has 1 aliphatic carbocycles. The third-order valence-electron chi connectivity index (χ3n) is 6.57. The van der Waals surface area contributed by atoms with Crippen molar-refractivity contribution in [3.05, 3.63) is 23.3 Å². The van der Waals surface area contributed by atoms with E-state index in [1.807, 2.05) is 46.8 Å². The zero-order valence-electron chi connectivity index (χ0n) is 16.7. The quantitative estimate of drug-likeness (QED) is 0.804. The van der Waals surface area contributed by atoms with Crippen molar-refractivity contribution in [2.75, 3.05) is 6.73 Å². The first-order chi connectivity index (χ1) is 12.6. The van der Waals surface area contributed by atoms with Gasteiger partial charge in [0.15, 0.2) is 6.73 Å². The monoisotopic (exact) mass is 373 g/mol. The van der Waals surface area contributed by atoms with Crippen molar-refractivity contribution < 1.29 is 23.9 Å². The van der Waals surface area contributed by atoms with Gasteiger partial charge in [-0.15, -0.1) is 0 Å². The predicted molar refractivity (Wildman–Crippen MR) is 102 cm³/mol. The molecule has 2 atom stereocenters. The summed E-state index contributed by atoms with van der Waals surface area (Å²) in [5.74, 6) is 0.487. The van der Waals surface area contributed by atoms with E-state index in [9.17, 15) is 9.90 Å². The highest BCUT2D eigenvalue weighted by molar-refractivity contribution is 6.62. The van der Waals surface area contributed by atoms with E-state index in [1.165, 1.54) is 0 Å². The van der Waals surface area contributed by atoms with Crippen LogP contribution in [0.2, 0.25) is 0 Å². The molecule has 1 aromatic rings. The number of aliphatic hydroxyl groups excluding tert-OH is 1. The zero-order chi connectivity index (χ0) is 19.6. The van der Waals surface area contributed by atoms with Gasteiger partial charge in [-0.1, -0.05) is 0 Å². The summed E-state index contributed by atoms with van der Waals surface area (Å²) in [6, 6.07) is 3.55. The summed E-state index contributed by atoms with van der Waals surface area (Å²) in [7, 11) is -0.527. The number of fused-ring (bicyclic) bond motifs is 1. The standard InChI is InChI=1S/C20H28BNO5/c1-12-9-17-13(10-14(12)21-26-19(2,3)20(4,5)27-21)18(24)22(11-25-17)15-7-6-8-16(15)23/h9-10,15-16,23H,6-8,11H2,1-5H3/t15-,16-/m0/s1. The molecule has 1 saturated carbocycles. The minimum atomic E-state index is -0.527. The number of hydrogen-bond donors (Lipinski definition) is 1. The summed E-state index contributed by atoms with van der Waals surface area (Å²) in [6.07, 6.45) is 1.98. The van der Waals surface area contributed by atoms with E-state index >= 15 is 0 Å². The van der Waals surface area contributed by atoms with Gasteiger partial charge in [-0.05, 0) is 77.0 Å². The molecule has 4 rings (SSSR count). The first-order valence-corrected chi connectivity index (χ1v) is 9.73. The molecule has 2 aliphatic heterocycles. The normalized spacial score (nSPS) is 29.0. The van der Waals surface area contributed by atoms with Crippen LogP contribution in [0.15, 0.2) is 12.1 Å². The van der Waals surface area contributed by atoms with Crippen LogP contribution in [0.3, 0.4) is 0 Å². The Morgan fingerprint density at radius 3 is 2.41 bits per heavy atom. The van der Waals surface area contributed by atoms with Gasteiger partial charge < -0.3 is 19.2 Å². The molecule has 146 valence electrons. The lowest BCUT2D eigenvalue weighted by molar-refractivity contribution is 0.00578. The zero-order valence-corrected chi connectivity index (χ0v) is 16.7. The average Bonchev–Trinajstić information content (AvgIpc) is 3.08. The van der Waals surface area contributed by atoms with Gasteiger partial charge in [-0.2, -0.15) is 0 Å². The predicted octanol–water partition coefficient (Wildman–Crippen LogP) is 2.00. The summed E-state index contributed by atoms with van der Waals surface area (Å²) in [4.78, 5) is 14.8. The maximum atomic E-state index is 13.1. The molecule has 0 radical (unpaired) electrons. The number of rotatable bonds is 2. The fourth-order valence-corrected chi connectivity index (χ4v) is 4.09. The minimum absolute atomic E-state index is 0.0973. The number of nitrogens with zero attached hydrogens (tertiary/aromatic N) is 1. The molecule has 0 unspecified atom stereocenters. The van der Waals surface area contributed by atoms with Crippen molar-refractivity contribution in [1.82, 2.24) is 4.90 Å². The summed E-state index contributed by atoms with van der Waals surface area (Å²) in [5, 5.41) is 10.2. The van der Waals surface area contributed by atoms with E-state index in [2.05, 4.69) is 0 Å². The Morgan fingerprint density at radius 2 is 1.81 bits per heavy atom. The van der Waals surface area contributed by atoms with Gasteiger partial charge in [-0.25, -0.2) is 0 Å². The van der Waals surface area contributed by atoms with Gasteiger partial charge in [0, 0.05) is 0 Å². The molecule has 2 heterocycles. The Balaban J connectivity index is 1.66. The van der Waals surface area contributed by atoms with Crippen LogP contribution in [0.4, 0.5) is 0 Å². The van der Waals surface area contributed by atoms with Crippen molar-refractivity contribution in [3.63, 3.8) is 0 Å². The third-order valence-corrected chi connectivity index (χ3v) is 6.57. The number of aliphatic hydroxyl groups is 1. The van der Waals surface area contributed by atoms with Gasteiger partial charge in [-0.3, -0.25) is 9.69 Å². The highest BCUT2D eigenvalue weighted by Gasteiger charge is 2.52. The number of carbonyl (C=O) groups is 1. The number of benzene rings is 1. The second-order valence-corrected chi connectivity index (χ2v) is 8.91. The molecule has 2 fully saturated rings. The fraction of sp³-hybridized carbons (Fsp3) is 0.650. The first kappa shape index (κ1) is 18.8. The Hall–Kier alpha value is -1.57. The van der Waals surface area contributed by atoms with Crippen molar-refractivity contribution in [3.8, 4) is 5.75 Å². The number of hydrogen-bond acceptors (Lipinski definition) is 5. The van der Waals surface area contributed by atoms with Crippen LogP contribution in [0, 0.1) is 6.92 Å². The van der Waals surface area contributed by atoms with Crippen molar-refractivity contribution in [2.24, 2.45) is 0 Å². The fourth-order valence-electron chi connectivity index (χ4n) is 4.09. The van der Waals surface area contributed by atoms with Crippen molar-refractivity contribution >= 4 is 18.5 Å². The molecule has 1 amide bonds. The molecule has 6 nitrogen and oxygen atoms in total. The Bertz CT molecular complexity index is 762. The lowest BCUT2D eigenvalue weighted by atomic mass is 9.75. The van der Waals surface area contributed by atoms with E-state index in [1.54, 1.807) is 4.90 Å². The molecule has 1 N–H and O–H groups in total. The molecule has 0 spiro atoms. The maximum Gasteiger partial charge on any atom is 0.495 e. The topological polar surface area (TPSA) is 68.2 Å². The molecule has 1 aromatic carbocycles. The van der Waals surface area contributed by atoms with E-state index in [0.29, 0.717) is 11.3 Å². The Morgan fingerprint density at radius 1 is 1.15 bits per heavy atom. The van der Waals surface area contributed by atoms with Crippen LogP contribution in [0.5, 0.6) is 5.75 Å². The van der Waals surface area contributed by atoms with Crippen LogP contribution >= 0.6 is 0 Å². The second-order valence-electron chi connectivity index (χ2n) is 8.91. The van der Waals surface area contributed by atoms with E-state index in [4.69, 9.17) is 14.0 Å². The van der Waals surface area contributed by atoms with Crippen LogP contribution in [0.1, 0.15) is 62.9 Å². The Kier molecular flexibility index (Phi) is 4.33. The highest BCUT2D eigenvalue weighted by atomic mass is 16.7. The molecular formula is C20H28BNO5. The number of aryl methyl sites for hydroxylation is 1. The summed E-state index contributed by atoms with van der Waals surface area (Å²) in [5.41, 5.74) is 1.43. The van der Waals surface area contributed by atoms with Crippen LogP contribution in [-0.2, 0) is 9.31 Å². The smallest absolute Gasteiger partial charge is 0.472 e. The van der Waals surface area contributed by atoms with E-state index < -0.39 is 24.4 Å². The summed E-state index contributed by atoms with van der Waals surface area (Å²) < 4.78 is 18.2. The molecular weight excluding hydrogens is 345 g/mol. The largest absolute Gasteiger partial charge is 0.495 e. The van der Waals surface area contributed by atoms with E-state index in [0.717, 1.165) is 30.3 Å². The Labute approximate surface area is 160 Å². The van der Waals surface area contributed by atoms with E-state index in [-0.39, 0.29) is 18.7 Å². The molecule has 7 heteroatoms. The van der Waals surface area contributed by atoms with Crippen LogP contribution in [-0.4, -0.2) is 53.1 Å². The molecule has 27 heavy (non-hydrogen) atoms. The first-order valence-electron chi connectivity index (χ1n) is 9.73. The lowest BCUT2D eigenvalue weighted by Crippen LogP contribution is -2.49. The SMILES string of the molecule is Cc1cc2c(cc1B1OC(C)(C)C(C)(C)O1)C(=O)N([C@H]1CCC[C@@H]1O)CO2. The van der Waals surface area contributed by atoms with Crippen molar-refractivity contribution in [2.45, 2.75) is 77.2 Å². The second kappa shape index (κ2) is 6.22. The third kappa shape index (κ3) is 2.96. The maximum absolute atomic E-state index is 13.1. The van der Waals surface area contributed by atoms with Crippen LogP contribution in [0.25, 0.3) is 0 Å². The minimum Gasteiger partial charge on any atom is -0.472 e. The highest BCUT2D eigenvalue weighted by Crippen LogP contribution is 2.38. The molecule has 0 bridgehead atoms. The number of ether oxygens (including phenoxy) is 1. The van der Waals surface area contributed by atoms with Crippen LogP contribution < -0.4 is 10.2 Å². The molecule has 0 aromatic heterocycles. The lowest BCUT2D eigenvalue weighted by Gasteiger charge is -2.35. The summed E-state index contributed by atoms with van der Waals surface area (Å²) >= 11 is 0. The van der Waals surface area contributed by atoms with Gasteiger partial charge in [0.25, 0.3) is 5.91 Å². The van der Waals surface area contributed by atoms with Gasteiger partial charge >= 0.3 is 7.12 Å². The summed E-state index contributed by atoms with van der Waals surface area (Å²) in [6.45, 7) is 10.2. The van der Waals surface area contributed by atoms with Gasteiger partial charge in [0.2, 0.25) is 0 Å².